The van der Waals surface area contributed by atoms with Crippen LogP contribution in [0, 0.1) is 11.7 Å². The van der Waals surface area contributed by atoms with E-state index in [1.165, 1.54) is 12.5 Å². The molecule has 16 heavy (non-hydrogen) atoms. The first-order valence-electron chi connectivity index (χ1n) is 6.21. The second-order valence-corrected chi connectivity index (χ2v) is 4.82. The van der Waals surface area contributed by atoms with Crippen LogP contribution in [0.25, 0.3) is 0 Å². The largest absolute Gasteiger partial charge is 0.314 e. The Bertz CT molecular complexity index is 350. The second-order valence-electron chi connectivity index (χ2n) is 4.82. The summed E-state index contributed by atoms with van der Waals surface area (Å²) in [5, 5.41) is 3.54. The number of halogens is 1. The average molecular weight is 221 g/mol. The first kappa shape index (κ1) is 11.6. The molecule has 1 aliphatic carbocycles. The van der Waals surface area contributed by atoms with Crippen molar-refractivity contribution in [1.29, 1.82) is 0 Å². The molecule has 3 atom stereocenters. The monoisotopic (exact) mass is 221 g/mol. The van der Waals surface area contributed by atoms with Crippen LogP contribution in [0.1, 0.15) is 38.2 Å². The van der Waals surface area contributed by atoms with Gasteiger partial charge in [-0.05, 0) is 48.9 Å². The summed E-state index contributed by atoms with van der Waals surface area (Å²) in [6.45, 7) is 5.53. The molecule has 2 heteroatoms. The van der Waals surface area contributed by atoms with E-state index in [0.717, 1.165) is 18.5 Å². The topological polar surface area (TPSA) is 12.0 Å². The van der Waals surface area contributed by atoms with Gasteiger partial charge in [0.25, 0.3) is 0 Å². The molecule has 1 nitrogen and oxygen atoms in total. The molecule has 0 amide bonds. The molecule has 0 saturated heterocycles. The van der Waals surface area contributed by atoms with Crippen molar-refractivity contribution >= 4 is 0 Å². The van der Waals surface area contributed by atoms with Gasteiger partial charge >= 0.3 is 0 Å². The number of benzene rings is 1. The zero-order valence-corrected chi connectivity index (χ0v) is 10.0. The number of hydrogen-bond acceptors (Lipinski definition) is 1. The molecule has 1 fully saturated rings. The van der Waals surface area contributed by atoms with Crippen LogP contribution in [-0.4, -0.2) is 12.6 Å². The molecular weight excluding hydrogens is 201 g/mol. The van der Waals surface area contributed by atoms with E-state index in [-0.39, 0.29) is 5.82 Å². The molecule has 0 bridgehead atoms. The van der Waals surface area contributed by atoms with Crippen LogP contribution < -0.4 is 5.32 Å². The van der Waals surface area contributed by atoms with Crippen molar-refractivity contribution < 1.29 is 4.39 Å². The fourth-order valence-electron chi connectivity index (χ4n) is 2.56. The van der Waals surface area contributed by atoms with Gasteiger partial charge in [-0.25, -0.2) is 4.39 Å². The molecule has 1 aliphatic rings. The predicted molar refractivity (Wildman–Crippen MR) is 65.0 cm³/mol. The van der Waals surface area contributed by atoms with Gasteiger partial charge in [-0.3, -0.25) is 0 Å². The second kappa shape index (κ2) is 4.96. The van der Waals surface area contributed by atoms with E-state index in [1.54, 1.807) is 6.07 Å². The summed E-state index contributed by atoms with van der Waals surface area (Å²) >= 11 is 0. The van der Waals surface area contributed by atoms with Crippen LogP contribution in [0.5, 0.6) is 0 Å². The van der Waals surface area contributed by atoms with Crippen molar-refractivity contribution in [3.63, 3.8) is 0 Å². The predicted octanol–water partition coefficient (Wildman–Crippen LogP) is 3.32. The number of hydrogen-bond donors (Lipinski definition) is 1. The molecular formula is C14H20FN. The van der Waals surface area contributed by atoms with Crippen molar-refractivity contribution in [3.8, 4) is 0 Å². The van der Waals surface area contributed by atoms with Crippen molar-refractivity contribution in [2.24, 2.45) is 5.92 Å². The van der Waals surface area contributed by atoms with Gasteiger partial charge in [0.2, 0.25) is 0 Å². The van der Waals surface area contributed by atoms with Crippen molar-refractivity contribution in [3.05, 3.63) is 35.6 Å². The molecule has 1 saturated carbocycles. The van der Waals surface area contributed by atoms with E-state index in [4.69, 9.17) is 0 Å². The molecule has 0 aromatic heterocycles. The highest BCUT2D eigenvalue weighted by Crippen LogP contribution is 2.42. The van der Waals surface area contributed by atoms with Gasteiger partial charge < -0.3 is 5.32 Å². The SMILES string of the molecule is CCCNC1CC(c2cccc(F)c2)C1C. The van der Waals surface area contributed by atoms with Crippen molar-refractivity contribution in [2.75, 3.05) is 6.54 Å². The zero-order valence-electron chi connectivity index (χ0n) is 10.0. The number of rotatable bonds is 4. The average Bonchev–Trinajstić information content (AvgIpc) is 2.27. The van der Waals surface area contributed by atoms with Gasteiger partial charge in [-0.2, -0.15) is 0 Å². The lowest BCUT2D eigenvalue weighted by Crippen LogP contribution is -2.48. The van der Waals surface area contributed by atoms with Crippen LogP contribution in [0.2, 0.25) is 0 Å². The maximum atomic E-state index is 13.1. The van der Waals surface area contributed by atoms with Crippen LogP contribution in [0.3, 0.4) is 0 Å². The highest BCUT2D eigenvalue weighted by atomic mass is 19.1. The van der Waals surface area contributed by atoms with Crippen LogP contribution in [0.4, 0.5) is 4.39 Å². The Kier molecular flexibility index (Phi) is 3.59. The molecule has 0 aliphatic heterocycles. The van der Waals surface area contributed by atoms with E-state index in [9.17, 15) is 4.39 Å². The molecule has 1 aromatic rings. The van der Waals surface area contributed by atoms with E-state index in [1.807, 2.05) is 12.1 Å². The molecule has 2 rings (SSSR count). The van der Waals surface area contributed by atoms with Gasteiger partial charge in [0, 0.05) is 6.04 Å². The fourth-order valence-corrected chi connectivity index (χ4v) is 2.56. The van der Waals surface area contributed by atoms with E-state index in [0.29, 0.717) is 17.9 Å². The highest BCUT2D eigenvalue weighted by Gasteiger charge is 2.37. The Balaban J connectivity index is 1.94. The third-order valence-electron chi connectivity index (χ3n) is 3.71. The summed E-state index contributed by atoms with van der Waals surface area (Å²) in [4.78, 5) is 0. The van der Waals surface area contributed by atoms with Crippen molar-refractivity contribution in [2.45, 2.75) is 38.6 Å². The molecule has 3 unspecified atom stereocenters. The van der Waals surface area contributed by atoms with Crippen LogP contribution in [-0.2, 0) is 0 Å². The summed E-state index contributed by atoms with van der Waals surface area (Å²) in [7, 11) is 0. The maximum Gasteiger partial charge on any atom is 0.123 e. The fraction of sp³-hybridized carbons (Fsp3) is 0.571. The van der Waals surface area contributed by atoms with Crippen molar-refractivity contribution in [1.82, 2.24) is 5.32 Å². The van der Waals surface area contributed by atoms with Crippen LogP contribution >= 0.6 is 0 Å². The zero-order chi connectivity index (χ0) is 11.5. The van der Waals surface area contributed by atoms with E-state index < -0.39 is 0 Å². The Morgan fingerprint density at radius 2 is 2.25 bits per heavy atom. The first-order chi connectivity index (χ1) is 7.72. The summed E-state index contributed by atoms with van der Waals surface area (Å²) < 4.78 is 13.1. The summed E-state index contributed by atoms with van der Waals surface area (Å²) in [5.41, 5.74) is 1.15. The third kappa shape index (κ3) is 2.27. The molecule has 1 aromatic carbocycles. The number of nitrogens with one attached hydrogen (secondary N) is 1. The molecule has 0 heterocycles. The highest BCUT2D eigenvalue weighted by molar-refractivity contribution is 5.25. The summed E-state index contributed by atoms with van der Waals surface area (Å²) in [6.07, 6.45) is 2.32. The Hall–Kier alpha value is -0.890. The Morgan fingerprint density at radius 1 is 1.44 bits per heavy atom. The summed E-state index contributed by atoms with van der Waals surface area (Å²) in [6, 6.07) is 7.66. The van der Waals surface area contributed by atoms with Gasteiger partial charge in [-0.15, -0.1) is 0 Å². The molecule has 1 N–H and O–H groups in total. The van der Waals surface area contributed by atoms with Gasteiger partial charge in [-0.1, -0.05) is 26.0 Å². The van der Waals surface area contributed by atoms with Crippen LogP contribution in [0.15, 0.2) is 24.3 Å². The standard InChI is InChI=1S/C14H20FN/c1-3-7-16-14-9-13(10(14)2)11-5-4-6-12(15)8-11/h4-6,8,10,13-14,16H,3,7,9H2,1-2H3. The van der Waals surface area contributed by atoms with E-state index >= 15 is 0 Å². The minimum Gasteiger partial charge on any atom is -0.314 e. The Labute approximate surface area is 97.1 Å². The van der Waals surface area contributed by atoms with Gasteiger partial charge in [0.15, 0.2) is 0 Å². The van der Waals surface area contributed by atoms with Gasteiger partial charge in [0.1, 0.15) is 5.82 Å². The normalized spacial score (nSPS) is 28.8. The molecule has 0 radical (unpaired) electrons. The lowest BCUT2D eigenvalue weighted by atomic mass is 9.67. The third-order valence-corrected chi connectivity index (χ3v) is 3.71. The first-order valence-corrected chi connectivity index (χ1v) is 6.21. The minimum atomic E-state index is -0.116. The molecule has 88 valence electrons. The Morgan fingerprint density at radius 3 is 2.88 bits per heavy atom. The summed E-state index contributed by atoms with van der Waals surface area (Å²) in [5.74, 6) is 1.04. The van der Waals surface area contributed by atoms with Gasteiger partial charge in [0.05, 0.1) is 0 Å². The maximum absolute atomic E-state index is 13.1. The lowest BCUT2D eigenvalue weighted by molar-refractivity contribution is 0.184. The quantitative estimate of drug-likeness (QED) is 0.822. The van der Waals surface area contributed by atoms with E-state index in [2.05, 4.69) is 19.2 Å². The molecule has 0 spiro atoms. The minimum absolute atomic E-state index is 0.116. The lowest BCUT2D eigenvalue weighted by Gasteiger charge is -2.43. The smallest absolute Gasteiger partial charge is 0.123 e.